The van der Waals surface area contributed by atoms with E-state index in [1.54, 1.807) is 6.92 Å². The molecule has 1 rings (SSSR count). The van der Waals surface area contributed by atoms with Gasteiger partial charge in [0.2, 0.25) is 5.91 Å². The van der Waals surface area contributed by atoms with Gasteiger partial charge in [0.05, 0.1) is 5.60 Å². The SMILES string of the molecule is CC(C)CC=CCCC(=O)NC[C@](C)(O)Cc1ccccc1. The number of rotatable bonds is 9. The minimum Gasteiger partial charge on any atom is -0.388 e. The Labute approximate surface area is 134 Å². The fourth-order valence-electron chi connectivity index (χ4n) is 2.18. The first-order valence-electron chi connectivity index (χ1n) is 8.07. The summed E-state index contributed by atoms with van der Waals surface area (Å²) in [5, 5.41) is 13.2. The normalized spacial score (nSPS) is 14.2. The molecule has 22 heavy (non-hydrogen) atoms. The zero-order valence-corrected chi connectivity index (χ0v) is 14.0. The van der Waals surface area contributed by atoms with Gasteiger partial charge < -0.3 is 10.4 Å². The first-order valence-corrected chi connectivity index (χ1v) is 8.07. The summed E-state index contributed by atoms with van der Waals surface area (Å²) in [5.41, 5.74) is 0.142. The summed E-state index contributed by atoms with van der Waals surface area (Å²) in [6, 6.07) is 9.82. The van der Waals surface area contributed by atoms with Gasteiger partial charge in [0, 0.05) is 19.4 Å². The van der Waals surface area contributed by atoms with E-state index in [4.69, 9.17) is 0 Å². The van der Waals surface area contributed by atoms with Crippen molar-refractivity contribution >= 4 is 5.91 Å². The molecule has 0 heterocycles. The molecular weight excluding hydrogens is 274 g/mol. The second kappa shape index (κ2) is 9.42. The molecule has 1 aromatic rings. The lowest BCUT2D eigenvalue weighted by Crippen LogP contribution is -2.42. The Morgan fingerprint density at radius 3 is 2.59 bits per heavy atom. The minimum atomic E-state index is -0.926. The van der Waals surface area contributed by atoms with Crippen LogP contribution in [0.15, 0.2) is 42.5 Å². The van der Waals surface area contributed by atoms with Crippen LogP contribution in [0, 0.1) is 5.92 Å². The Morgan fingerprint density at radius 2 is 1.95 bits per heavy atom. The molecule has 1 amide bonds. The first kappa shape index (κ1) is 18.4. The number of nitrogens with one attached hydrogen (secondary N) is 1. The zero-order valence-electron chi connectivity index (χ0n) is 14.0. The molecule has 0 radical (unpaired) electrons. The van der Waals surface area contributed by atoms with Crippen LogP contribution in [0.3, 0.4) is 0 Å². The van der Waals surface area contributed by atoms with Crippen LogP contribution < -0.4 is 5.32 Å². The lowest BCUT2D eigenvalue weighted by Gasteiger charge is -2.23. The summed E-state index contributed by atoms with van der Waals surface area (Å²) in [7, 11) is 0. The molecule has 2 N–H and O–H groups in total. The van der Waals surface area contributed by atoms with Crippen LogP contribution in [0.25, 0.3) is 0 Å². The van der Waals surface area contributed by atoms with E-state index in [0.29, 0.717) is 18.8 Å². The molecule has 1 atom stereocenters. The first-order chi connectivity index (χ1) is 10.4. The standard InChI is InChI=1S/C19H29NO2/c1-16(2)10-6-4-9-13-18(21)20-15-19(3,22)14-17-11-7-5-8-12-17/h4-8,11-12,16,22H,9-10,13-15H2,1-3H3,(H,20,21)/t19-/m1/s1. The summed E-state index contributed by atoms with van der Waals surface area (Å²) in [4.78, 5) is 11.8. The second-order valence-electron chi connectivity index (χ2n) is 6.58. The molecule has 0 bridgehead atoms. The van der Waals surface area contributed by atoms with Crippen molar-refractivity contribution in [1.82, 2.24) is 5.32 Å². The molecule has 0 aliphatic rings. The molecule has 0 fully saturated rings. The van der Waals surface area contributed by atoms with Crippen LogP contribution in [-0.2, 0) is 11.2 Å². The van der Waals surface area contributed by atoms with E-state index in [0.717, 1.165) is 18.4 Å². The third-order valence-electron chi connectivity index (χ3n) is 3.41. The van der Waals surface area contributed by atoms with Gasteiger partial charge in [0.1, 0.15) is 0 Å². The largest absolute Gasteiger partial charge is 0.388 e. The monoisotopic (exact) mass is 303 g/mol. The predicted molar refractivity (Wildman–Crippen MR) is 91.6 cm³/mol. The van der Waals surface area contributed by atoms with Crippen molar-refractivity contribution in [2.24, 2.45) is 5.92 Å². The summed E-state index contributed by atoms with van der Waals surface area (Å²) >= 11 is 0. The summed E-state index contributed by atoms with van der Waals surface area (Å²) in [5.74, 6) is 0.640. The third kappa shape index (κ3) is 8.63. The molecule has 122 valence electrons. The maximum Gasteiger partial charge on any atom is 0.220 e. The van der Waals surface area contributed by atoms with Crippen molar-refractivity contribution in [3.63, 3.8) is 0 Å². The van der Waals surface area contributed by atoms with Gasteiger partial charge in [-0.1, -0.05) is 56.3 Å². The van der Waals surface area contributed by atoms with E-state index in [1.165, 1.54) is 0 Å². The van der Waals surface area contributed by atoms with Crippen molar-refractivity contribution in [3.05, 3.63) is 48.0 Å². The van der Waals surface area contributed by atoms with Gasteiger partial charge >= 0.3 is 0 Å². The van der Waals surface area contributed by atoms with E-state index in [2.05, 4.69) is 31.3 Å². The molecule has 0 saturated carbocycles. The number of allylic oxidation sites excluding steroid dienone is 2. The fraction of sp³-hybridized carbons (Fsp3) is 0.526. The Hall–Kier alpha value is -1.61. The highest BCUT2D eigenvalue weighted by Crippen LogP contribution is 2.12. The number of benzene rings is 1. The molecule has 0 unspecified atom stereocenters. The number of hydrogen-bond acceptors (Lipinski definition) is 2. The van der Waals surface area contributed by atoms with E-state index in [9.17, 15) is 9.90 Å². The average molecular weight is 303 g/mol. The quantitative estimate of drug-likeness (QED) is 0.686. The van der Waals surface area contributed by atoms with Crippen LogP contribution >= 0.6 is 0 Å². The van der Waals surface area contributed by atoms with Gasteiger partial charge in [0.15, 0.2) is 0 Å². The Bertz CT molecular complexity index is 464. The van der Waals surface area contributed by atoms with Crippen LogP contribution in [-0.4, -0.2) is 23.2 Å². The summed E-state index contributed by atoms with van der Waals surface area (Å²) in [6.07, 6.45) is 6.98. The van der Waals surface area contributed by atoms with Crippen molar-refractivity contribution in [2.75, 3.05) is 6.54 Å². The van der Waals surface area contributed by atoms with Crippen molar-refractivity contribution in [1.29, 1.82) is 0 Å². The minimum absolute atomic E-state index is 0.0115. The third-order valence-corrected chi connectivity index (χ3v) is 3.41. The Morgan fingerprint density at radius 1 is 1.27 bits per heavy atom. The number of carbonyl (C=O) groups is 1. The average Bonchev–Trinajstić information content (AvgIpc) is 2.45. The molecular formula is C19H29NO2. The molecule has 0 aliphatic carbocycles. The van der Waals surface area contributed by atoms with E-state index in [-0.39, 0.29) is 12.5 Å². The number of aliphatic hydroxyl groups is 1. The lowest BCUT2D eigenvalue weighted by molar-refractivity contribution is -0.122. The molecule has 3 heteroatoms. The van der Waals surface area contributed by atoms with E-state index < -0.39 is 5.60 Å². The molecule has 0 aliphatic heterocycles. The second-order valence-corrected chi connectivity index (χ2v) is 6.58. The van der Waals surface area contributed by atoms with E-state index in [1.807, 2.05) is 30.3 Å². The lowest BCUT2D eigenvalue weighted by atomic mass is 9.96. The zero-order chi connectivity index (χ0) is 16.4. The van der Waals surface area contributed by atoms with Gasteiger partial charge in [0.25, 0.3) is 0 Å². The molecule has 0 saturated heterocycles. The van der Waals surface area contributed by atoms with Gasteiger partial charge in [-0.2, -0.15) is 0 Å². The number of carbonyl (C=O) groups excluding carboxylic acids is 1. The topological polar surface area (TPSA) is 49.3 Å². The summed E-state index contributed by atoms with van der Waals surface area (Å²) in [6.45, 7) is 6.37. The van der Waals surface area contributed by atoms with Crippen molar-refractivity contribution < 1.29 is 9.90 Å². The smallest absolute Gasteiger partial charge is 0.220 e. The molecule has 0 spiro atoms. The van der Waals surface area contributed by atoms with Crippen LogP contribution in [0.5, 0.6) is 0 Å². The van der Waals surface area contributed by atoms with Crippen molar-refractivity contribution in [2.45, 2.75) is 52.1 Å². The Balaban J connectivity index is 2.26. The van der Waals surface area contributed by atoms with Gasteiger partial charge in [-0.25, -0.2) is 0 Å². The van der Waals surface area contributed by atoms with Crippen LogP contribution in [0.1, 0.15) is 45.6 Å². The fourth-order valence-corrected chi connectivity index (χ4v) is 2.18. The number of amides is 1. The highest BCUT2D eigenvalue weighted by atomic mass is 16.3. The number of hydrogen-bond donors (Lipinski definition) is 2. The highest BCUT2D eigenvalue weighted by molar-refractivity contribution is 5.76. The van der Waals surface area contributed by atoms with Gasteiger partial charge in [-0.05, 0) is 31.2 Å². The Kier molecular flexibility index (Phi) is 7.89. The van der Waals surface area contributed by atoms with Crippen LogP contribution in [0.2, 0.25) is 0 Å². The molecule has 1 aromatic carbocycles. The summed E-state index contributed by atoms with van der Waals surface area (Å²) < 4.78 is 0. The highest BCUT2D eigenvalue weighted by Gasteiger charge is 2.21. The maximum absolute atomic E-state index is 11.8. The molecule has 0 aromatic heterocycles. The van der Waals surface area contributed by atoms with Crippen LogP contribution in [0.4, 0.5) is 0 Å². The van der Waals surface area contributed by atoms with Crippen molar-refractivity contribution in [3.8, 4) is 0 Å². The van der Waals surface area contributed by atoms with E-state index >= 15 is 0 Å². The maximum atomic E-state index is 11.8. The van der Waals surface area contributed by atoms with Gasteiger partial charge in [-0.3, -0.25) is 4.79 Å². The predicted octanol–water partition coefficient (Wildman–Crippen LogP) is 3.48. The molecule has 3 nitrogen and oxygen atoms in total. The van der Waals surface area contributed by atoms with Gasteiger partial charge in [-0.15, -0.1) is 0 Å².